The van der Waals surface area contributed by atoms with Crippen LogP contribution in [0.3, 0.4) is 0 Å². The second-order valence-corrected chi connectivity index (χ2v) is 4.40. The van der Waals surface area contributed by atoms with Gasteiger partial charge < -0.3 is 4.42 Å². The number of rotatable bonds is 2. The summed E-state index contributed by atoms with van der Waals surface area (Å²) in [5.41, 5.74) is 0.500. The molecule has 0 amide bonds. The fraction of sp³-hybridized carbons (Fsp3) is 0.100. The smallest absolute Gasteiger partial charge is 0.270 e. The molecule has 1 aromatic carbocycles. The zero-order chi connectivity index (χ0) is 12.7. The fourth-order valence-electron chi connectivity index (χ4n) is 1.59. The molecule has 0 aliphatic carbocycles. The van der Waals surface area contributed by atoms with Crippen LogP contribution in [-0.2, 0) is 0 Å². The van der Waals surface area contributed by atoms with Crippen LogP contribution in [0.25, 0.3) is 21.7 Å². The van der Waals surface area contributed by atoms with E-state index in [1.54, 1.807) is 13.0 Å². The van der Waals surface area contributed by atoms with Crippen molar-refractivity contribution in [1.29, 1.82) is 0 Å². The van der Waals surface area contributed by atoms with E-state index in [0.717, 1.165) is 4.70 Å². The molecule has 0 N–H and O–H groups in total. The van der Waals surface area contributed by atoms with Crippen LogP contribution in [-0.4, -0.2) is 19.5 Å². The maximum atomic E-state index is 10.8. The molecule has 0 radical (unpaired) electrons. The van der Waals surface area contributed by atoms with Gasteiger partial charge in [-0.1, -0.05) is 0 Å². The van der Waals surface area contributed by atoms with Gasteiger partial charge in [0.25, 0.3) is 11.6 Å². The highest BCUT2D eigenvalue weighted by molar-refractivity contribution is 7.13. The molecule has 18 heavy (non-hydrogen) atoms. The average Bonchev–Trinajstić information content (AvgIpc) is 2.93. The standard InChI is InChI=1S/C10H6N4O3S/c1-5-11-12-10(17-5)9-7-4-6(14(15)16)2-3-8(7)18-13-9/h2-4H,1H3. The molecule has 7 nitrogen and oxygen atoms in total. The second-order valence-electron chi connectivity index (χ2n) is 3.59. The van der Waals surface area contributed by atoms with Crippen molar-refractivity contribution in [2.75, 3.05) is 0 Å². The number of fused-ring (bicyclic) bond motifs is 1. The molecule has 0 aliphatic heterocycles. The Morgan fingerprint density at radius 3 is 2.89 bits per heavy atom. The van der Waals surface area contributed by atoms with Gasteiger partial charge in [0.1, 0.15) is 5.69 Å². The minimum atomic E-state index is -0.444. The Bertz CT molecular complexity index is 749. The van der Waals surface area contributed by atoms with E-state index in [1.807, 2.05) is 0 Å². The highest BCUT2D eigenvalue weighted by atomic mass is 32.1. The first-order chi connectivity index (χ1) is 8.65. The van der Waals surface area contributed by atoms with Crippen molar-refractivity contribution in [3.8, 4) is 11.6 Å². The zero-order valence-electron chi connectivity index (χ0n) is 9.15. The van der Waals surface area contributed by atoms with Crippen LogP contribution in [0.4, 0.5) is 5.69 Å². The van der Waals surface area contributed by atoms with Gasteiger partial charge in [-0.25, -0.2) is 0 Å². The lowest BCUT2D eigenvalue weighted by atomic mass is 10.2. The summed E-state index contributed by atoms with van der Waals surface area (Å²) in [4.78, 5) is 10.3. The van der Waals surface area contributed by atoms with Gasteiger partial charge in [-0.05, 0) is 17.6 Å². The van der Waals surface area contributed by atoms with Crippen molar-refractivity contribution < 1.29 is 9.34 Å². The summed E-state index contributed by atoms with van der Waals surface area (Å²) in [7, 11) is 0. The van der Waals surface area contributed by atoms with Gasteiger partial charge in [0.2, 0.25) is 5.89 Å². The van der Waals surface area contributed by atoms with Crippen molar-refractivity contribution >= 4 is 27.3 Å². The Balaban J connectivity index is 2.23. The van der Waals surface area contributed by atoms with Crippen LogP contribution in [0.15, 0.2) is 22.6 Å². The van der Waals surface area contributed by atoms with E-state index >= 15 is 0 Å². The van der Waals surface area contributed by atoms with E-state index in [1.165, 1.54) is 23.7 Å². The lowest BCUT2D eigenvalue weighted by Gasteiger charge is -1.92. The van der Waals surface area contributed by atoms with Crippen LogP contribution in [0.5, 0.6) is 0 Å². The van der Waals surface area contributed by atoms with Crippen molar-refractivity contribution in [2.45, 2.75) is 6.92 Å². The Labute approximate surface area is 104 Å². The molecule has 0 saturated heterocycles. The van der Waals surface area contributed by atoms with Crippen LogP contribution >= 0.6 is 11.5 Å². The van der Waals surface area contributed by atoms with E-state index in [4.69, 9.17) is 4.42 Å². The molecule has 0 atom stereocenters. The molecular weight excluding hydrogens is 256 g/mol. The number of hydrogen-bond donors (Lipinski definition) is 0. The minimum Gasteiger partial charge on any atom is -0.420 e. The Hall–Kier alpha value is -2.35. The first-order valence-electron chi connectivity index (χ1n) is 4.99. The first kappa shape index (κ1) is 10.8. The molecule has 0 bridgehead atoms. The third-order valence-electron chi connectivity index (χ3n) is 2.39. The number of aromatic nitrogens is 3. The maximum absolute atomic E-state index is 10.8. The van der Waals surface area contributed by atoms with E-state index in [-0.39, 0.29) is 11.6 Å². The normalized spacial score (nSPS) is 10.9. The SMILES string of the molecule is Cc1nnc(-c2nsc3ccc([N+](=O)[O-])cc23)o1. The van der Waals surface area contributed by atoms with Gasteiger partial charge in [0.05, 0.1) is 9.62 Å². The predicted molar refractivity (Wildman–Crippen MR) is 64.3 cm³/mol. The summed E-state index contributed by atoms with van der Waals surface area (Å²) in [5, 5.41) is 19.0. The molecule has 0 unspecified atom stereocenters. The van der Waals surface area contributed by atoms with Gasteiger partial charge in [-0.15, -0.1) is 10.2 Å². The van der Waals surface area contributed by atoms with Gasteiger partial charge in [-0.3, -0.25) is 10.1 Å². The summed E-state index contributed by atoms with van der Waals surface area (Å²) < 4.78 is 10.3. The predicted octanol–water partition coefficient (Wildman–Crippen LogP) is 2.56. The molecule has 8 heteroatoms. The molecule has 90 valence electrons. The molecule has 0 fully saturated rings. The van der Waals surface area contributed by atoms with E-state index in [9.17, 15) is 10.1 Å². The van der Waals surface area contributed by atoms with Crippen molar-refractivity contribution in [3.05, 3.63) is 34.2 Å². The largest absolute Gasteiger partial charge is 0.420 e. The van der Waals surface area contributed by atoms with Gasteiger partial charge >= 0.3 is 0 Å². The summed E-state index contributed by atoms with van der Waals surface area (Å²) in [6.45, 7) is 1.67. The van der Waals surface area contributed by atoms with Crippen molar-refractivity contribution in [1.82, 2.24) is 14.6 Å². The number of aryl methyl sites for hydroxylation is 1. The van der Waals surface area contributed by atoms with E-state index in [2.05, 4.69) is 14.6 Å². The van der Waals surface area contributed by atoms with Crippen LogP contribution < -0.4 is 0 Å². The molecule has 0 aliphatic rings. The number of non-ortho nitro benzene ring substituents is 1. The second kappa shape index (κ2) is 3.84. The lowest BCUT2D eigenvalue weighted by Crippen LogP contribution is -1.87. The zero-order valence-corrected chi connectivity index (χ0v) is 9.97. The summed E-state index contributed by atoms with van der Waals surface area (Å²) in [5.74, 6) is 0.704. The van der Waals surface area contributed by atoms with Gasteiger partial charge in [0.15, 0.2) is 0 Å². The monoisotopic (exact) mass is 262 g/mol. The quantitative estimate of drug-likeness (QED) is 0.520. The third-order valence-corrected chi connectivity index (χ3v) is 3.22. The molecular formula is C10H6N4O3S. The van der Waals surface area contributed by atoms with Crippen LogP contribution in [0.2, 0.25) is 0 Å². The Morgan fingerprint density at radius 1 is 1.39 bits per heavy atom. The van der Waals surface area contributed by atoms with Crippen LogP contribution in [0.1, 0.15) is 5.89 Å². The average molecular weight is 262 g/mol. The highest BCUT2D eigenvalue weighted by Crippen LogP contribution is 2.32. The number of nitrogens with zero attached hydrogens (tertiary/aromatic N) is 4. The summed E-state index contributed by atoms with van der Waals surface area (Å²) >= 11 is 1.24. The Kier molecular flexibility index (Phi) is 2.30. The highest BCUT2D eigenvalue weighted by Gasteiger charge is 2.17. The number of nitro benzene ring substituents is 1. The van der Waals surface area contributed by atoms with E-state index < -0.39 is 4.92 Å². The molecule has 3 rings (SSSR count). The minimum absolute atomic E-state index is 0.0141. The summed E-state index contributed by atoms with van der Waals surface area (Å²) in [6, 6.07) is 4.58. The molecule has 2 heterocycles. The first-order valence-corrected chi connectivity index (χ1v) is 5.77. The number of nitro groups is 1. The number of hydrogen-bond acceptors (Lipinski definition) is 7. The van der Waals surface area contributed by atoms with Gasteiger partial charge in [-0.2, -0.15) is 4.37 Å². The number of benzene rings is 1. The molecule has 3 aromatic rings. The molecule has 2 aromatic heterocycles. The molecule has 0 spiro atoms. The molecule has 0 saturated carbocycles. The van der Waals surface area contributed by atoms with Crippen LogP contribution in [0, 0.1) is 17.0 Å². The fourth-order valence-corrected chi connectivity index (χ4v) is 2.34. The topological polar surface area (TPSA) is 95.0 Å². The lowest BCUT2D eigenvalue weighted by molar-refractivity contribution is -0.384. The maximum Gasteiger partial charge on any atom is 0.270 e. The third kappa shape index (κ3) is 1.63. The van der Waals surface area contributed by atoms with Crippen molar-refractivity contribution in [2.24, 2.45) is 0 Å². The van der Waals surface area contributed by atoms with E-state index in [0.29, 0.717) is 17.0 Å². The Morgan fingerprint density at radius 2 is 2.22 bits per heavy atom. The summed E-state index contributed by atoms with van der Waals surface area (Å²) in [6.07, 6.45) is 0. The van der Waals surface area contributed by atoms with Crippen molar-refractivity contribution in [3.63, 3.8) is 0 Å². The van der Waals surface area contributed by atoms with Gasteiger partial charge in [0, 0.05) is 24.4 Å².